The Labute approximate surface area is 109 Å². The quantitative estimate of drug-likeness (QED) is 0.830. The molecule has 1 atom stereocenters. The van der Waals surface area contributed by atoms with Gasteiger partial charge in [0.15, 0.2) is 0 Å². The average Bonchev–Trinajstić information content (AvgIpc) is 2.30. The van der Waals surface area contributed by atoms with E-state index in [1.54, 1.807) is 6.92 Å². The number of benzene rings is 1. The summed E-state index contributed by atoms with van der Waals surface area (Å²) in [6, 6.07) is 2.70. The Hall–Kier alpha value is -1.98. The van der Waals surface area contributed by atoms with Crippen LogP contribution >= 0.6 is 0 Å². The van der Waals surface area contributed by atoms with Crippen LogP contribution in [-0.2, 0) is 16.0 Å². The molecule has 19 heavy (non-hydrogen) atoms. The molecule has 1 unspecified atom stereocenters. The van der Waals surface area contributed by atoms with Gasteiger partial charge in [-0.3, -0.25) is 9.59 Å². The predicted octanol–water partition coefficient (Wildman–Crippen LogP) is 1.88. The maximum absolute atomic E-state index is 13.3. The number of aliphatic carboxylic acids is 1. The molecule has 0 fully saturated rings. The van der Waals surface area contributed by atoms with Crippen molar-refractivity contribution in [2.24, 2.45) is 0 Å². The minimum atomic E-state index is -0.939. The second-order valence-corrected chi connectivity index (χ2v) is 4.31. The second-order valence-electron chi connectivity index (χ2n) is 4.31. The monoisotopic (exact) mass is 271 g/mol. The van der Waals surface area contributed by atoms with Gasteiger partial charge in [-0.05, 0) is 25.0 Å². The van der Waals surface area contributed by atoms with E-state index in [1.165, 1.54) is 6.07 Å². The van der Waals surface area contributed by atoms with Crippen LogP contribution < -0.4 is 5.32 Å². The van der Waals surface area contributed by atoms with Crippen molar-refractivity contribution >= 4 is 11.9 Å². The summed E-state index contributed by atoms with van der Waals surface area (Å²) in [5.41, 5.74) is 0.101. The highest BCUT2D eigenvalue weighted by atomic mass is 19.1. The summed E-state index contributed by atoms with van der Waals surface area (Å²) in [6.07, 6.45) is 0.0445. The summed E-state index contributed by atoms with van der Waals surface area (Å²) in [6.45, 7) is 1.67. The minimum absolute atomic E-state index is 0.0492. The van der Waals surface area contributed by atoms with Gasteiger partial charge in [-0.15, -0.1) is 0 Å². The third-order valence-electron chi connectivity index (χ3n) is 2.56. The van der Waals surface area contributed by atoms with Gasteiger partial charge >= 0.3 is 5.97 Å². The molecule has 0 aromatic heterocycles. The summed E-state index contributed by atoms with van der Waals surface area (Å²) < 4.78 is 26.0. The van der Waals surface area contributed by atoms with Gasteiger partial charge in [0.05, 0.1) is 6.42 Å². The smallest absolute Gasteiger partial charge is 0.303 e. The van der Waals surface area contributed by atoms with Crippen LogP contribution in [0, 0.1) is 11.6 Å². The average molecular weight is 271 g/mol. The summed E-state index contributed by atoms with van der Waals surface area (Å²) in [7, 11) is 0. The van der Waals surface area contributed by atoms with Gasteiger partial charge in [-0.25, -0.2) is 8.78 Å². The van der Waals surface area contributed by atoms with Gasteiger partial charge in [0.1, 0.15) is 11.6 Å². The zero-order chi connectivity index (χ0) is 14.4. The van der Waals surface area contributed by atoms with E-state index in [4.69, 9.17) is 5.11 Å². The Morgan fingerprint density at radius 1 is 1.37 bits per heavy atom. The molecule has 0 aliphatic rings. The molecule has 0 spiro atoms. The lowest BCUT2D eigenvalue weighted by atomic mass is 10.1. The number of hydrogen-bond acceptors (Lipinski definition) is 2. The molecule has 0 heterocycles. The molecule has 104 valence electrons. The Morgan fingerprint density at radius 2 is 2.05 bits per heavy atom. The molecule has 4 nitrogen and oxygen atoms in total. The molecule has 1 rings (SSSR count). The molecule has 0 aliphatic carbocycles. The van der Waals surface area contributed by atoms with Crippen LogP contribution in [0.15, 0.2) is 18.2 Å². The van der Waals surface area contributed by atoms with Crippen molar-refractivity contribution in [1.82, 2.24) is 5.32 Å². The Balaban J connectivity index is 2.48. The molecule has 1 amide bonds. The SMILES string of the molecule is CC(CCC(=O)O)NC(=O)Cc1ccc(F)cc1F. The molecular formula is C13H15F2NO3. The topological polar surface area (TPSA) is 66.4 Å². The number of rotatable bonds is 6. The van der Waals surface area contributed by atoms with Crippen LogP contribution in [-0.4, -0.2) is 23.0 Å². The van der Waals surface area contributed by atoms with Crippen LogP contribution in [0.5, 0.6) is 0 Å². The normalized spacial score (nSPS) is 11.9. The Morgan fingerprint density at radius 3 is 2.63 bits per heavy atom. The largest absolute Gasteiger partial charge is 0.481 e. The number of nitrogens with one attached hydrogen (secondary N) is 1. The molecular weight excluding hydrogens is 256 g/mol. The van der Waals surface area contributed by atoms with Crippen molar-refractivity contribution in [2.45, 2.75) is 32.2 Å². The highest BCUT2D eigenvalue weighted by molar-refractivity contribution is 5.79. The number of carboxylic acid groups (broad SMARTS) is 1. The predicted molar refractivity (Wildman–Crippen MR) is 64.5 cm³/mol. The van der Waals surface area contributed by atoms with Crippen molar-refractivity contribution in [3.63, 3.8) is 0 Å². The van der Waals surface area contributed by atoms with Gasteiger partial charge in [0.2, 0.25) is 5.91 Å². The first-order valence-corrected chi connectivity index (χ1v) is 5.83. The standard InChI is InChI=1S/C13H15F2NO3/c1-8(2-5-13(18)19)16-12(17)6-9-3-4-10(14)7-11(9)15/h3-4,7-8H,2,5-6H2,1H3,(H,16,17)(H,18,19). The first kappa shape index (κ1) is 15.1. The summed E-state index contributed by atoms with van der Waals surface area (Å²) in [5.74, 6) is -2.83. The molecule has 6 heteroatoms. The fourth-order valence-electron chi connectivity index (χ4n) is 1.58. The number of halogens is 2. The van der Waals surface area contributed by atoms with Gasteiger partial charge in [-0.1, -0.05) is 6.07 Å². The van der Waals surface area contributed by atoms with E-state index in [-0.39, 0.29) is 24.4 Å². The van der Waals surface area contributed by atoms with Crippen molar-refractivity contribution < 1.29 is 23.5 Å². The van der Waals surface area contributed by atoms with Gasteiger partial charge < -0.3 is 10.4 Å². The maximum atomic E-state index is 13.3. The van der Waals surface area contributed by atoms with E-state index in [9.17, 15) is 18.4 Å². The van der Waals surface area contributed by atoms with E-state index < -0.39 is 23.5 Å². The van der Waals surface area contributed by atoms with Gasteiger partial charge in [0.25, 0.3) is 0 Å². The van der Waals surface area contributed by atoms with Crippen LogP contribution in [0.1, 0.15) is 25.3 Å². The highest BCUT2D eigenvalue weighted by Gasteiger charge is 2.12. The van der Waals surface area contributed by atoms with Crippen molar-refractivity contribution in [3.05, 3.63) is 35.4 Å². The third kappa shape index (κ3) is 5.46. The lowest BCUT2D eigenvalue weighted by Gasteiger charge is -2.12. The van der Waals surface area contributed by atoms with E-state index in [0.717, 1.165) is 12.1 Å². The lowest BCUT2D eigenvalue weighted by molar-refractivity contribution is -0.137. The zero-order valence-corrected chi connectivity index (χ0v) is 10.5. The van der Waals surface area contributed by atoms with E-state index in [0.29, 0.717) is 6.42 Å². The molecule has 0 saturated carbocycles. The fraction of sp³-hybridized carbons (Fsp3) is 0.385. The Bertz CT molecular complexity index is 477. The number of hydrogen-bond donors (Lipinski definition) is 2. The van der Waals surface area contributed by atoms with E-state index in [2.05, 4.69) is 5.32 Å². The zero-order valence-electron chi connectivity index (χ0n) is 10.5. The van der Waals surface area contributed by atoms with E-state index >= 15 is 0 Å². The minimum Gasteiger partial charge on any atom is -0.481 e. The van der Waals surface area contributed by atoms with Crippen molar-refractivity contribution in [2.75, 3.05) is 0 Å². The maximum Gasteiger partial charge on any atom is 0.303 e. The van der Waals surface area contributed by atoms with Crippen LogP contribution in [0.4, 0.5) is 8.78 Å². The van der Waals surface area contributed by atoms with Crippen LogP contribution in [0.2, 0.25) is 0 Å². The summed E-state index contributed by atoms with van der Waals surface area (Å²) >= 11 is 0. The van der Waals surface area contributed by atoms with Crippen LogP contribution in [0.3, 0.4) is 0 Å². The van der Waals surface area contributed by atoms with E-state index in [1.807, 2.05) is 0 Å². The van der Waals surface area contributed by atoms with Crippen molar-refractivity contribution in [3.8, 4) is 0 Å². The molecule has 0 saturated heterocycles. The second kappa shape index (κ2) is 6.82. The summed E-state index contributed by atoms with van der Waals surface area (Å²) in [5, 5.41) is 11.1. The lowest BCUT2D eigenvalue weighted by Crippen LogP contribution is -2.34. The molecule has 0 bridgehead atoms. The van der Waals surface area contributed by atoms with Crippen LogP contribution in [0.25, 0.3) is 0 Å². The van der Waals surface area contributed by atoms with Gasteiger partial charge in [-0.2, -0.15) is 0 Å². The number of carbonyl (C=O) groups excluding carboxylic acids is 1. The summed E-state index contributed by atoms with van der Waals surface area (Å²) in [4.78, 5) is 21.9. The first-order chi connectivity index (χ1) is 8.88. The fourth-order valence-corrected chi connectivity index (χ4v) is 1.58. The molecule has 1 aromatic carbocycles. The first-order valence-electron chi connectivity index (χ1n) is 5.83. The van der Waals surface area contributed by atoms with Crippen molar-refractivity contribution in [1.29, 1.82) is 0 Å². The molecule has 2 N–H and O–H groups in total. The molecule has 0 aliphatic heterocycles. The molecule has 0 radical (unpaired) electrons. The highest BCUT2D eigenvalue weighted by Crippen LogP contribution is 2.10. The van der Waals surface area contributed by atoms with Gasteiger partial charge in [0, 0.05) is 18.5 Å². The number of amides is 1. The molecule has 1 aromatic rings. The Kier molecular flexibility index (Phi) is 5.41. The third-order valence-corrected chi connectivity index (χ3v) is 2.56. The number of carboxylic acids is 1. The number of carbonyl (C=O) groups is 2.